The molecule has 0 aromatic rings. The van der Waals surface area contributed by atoms with E-state index in [9.17, 15) is 95.9 Å². The average molecular weight is 2000 g/mol. The zero-order valence-corrected chi connectivity index (χ0v) is 82.3. The van der Waals surface area contributed by atoms with Crippen LogP contribution in [0.4, 0.5) is 0 Å². The van der Waals surface area contributed by atoms with E-state index in [2.05, 4.69) is 57.7 Å². The largest absolute Gasteiger partial charge is 0.478 e. The Bertz CT molecular complexity index is 4160. The molecule has 0 amide bonds. The third-order valence-corrected chi connectivity index (χ3v) is 19.6. The SMILES string of the molecule is CC(C)OC(=O)/C=C/C(=O)OCC(CCN1CCCCC1)OC(=O)/C=C/C(=O)OC(C)C.COC(=O)/C=C/C(=O)OCC(C)(CN1CCCCC1)OC(=O)/C=C/C(=O)OC.COC(=O)/C=C/C(=O)OCC(CCN1CCCCC1)OC(=O)/C=C/C(=O)O.COC(=O)/C=C/C(=O)OC[C@@H](CN1CCCCC1)OC(=O)/C=C/C(=O)OC.COC(=O)/C=C/C(=O)OC[C@H](CN1CCCCC1)OC(=O)/C=C/C(=O)OC. The van der Waals surface area contributed by atoms with E-state index in [1.54, 1.807) is 34.6 Å². The summed E-state index contributed by atoms with van der Waals surface area (Å²) in [5, 5.41) is 8.55. The first-order valence-electron chi connectivity index (χ1n) is 45.7. The summed E-state index contributed by atoms with van der Waals surface area (Å²) in [6.45, 7) is 19.0. The third kappa shape index (κ3) is 69.1. The molecular weight excluding hydrogens is 1860 g/mol. The van der Waals surface area contributed by atoms with Crippen molar-refractivity contribution >= 4 is 119 Å². The van der Waals surface area contributed by atoms with E-state index < -0.39 is 149 Å². The van der Waals surface area contributed by atoms with Crippen LogP contribution < -0.4 is 0 Å². The van der Waals surface area contributed by atoms with Gasteiger partial charge in [-0.05, 0) is 164 Å². The van der Waals surface area contributed by atoms with Crippen molar-refractivity contribution in [1.29, 1.82) is 0 Å². The first-order valence-corrected chi connectivity index (χ1v) is 45.7. The van der Waals surface area contributed by atoms with Crippen LogP contribution in [0.15, 0.2) is 122 Å². The number of carbonyl (C=O) groups excluding carboxylic acids is 19. The molecule has 0 saturated carbocycles. The van der Waals surface area contributed by atoms with Gasteiger partial charge in [-0.3, -0.25) is 14.7 Å². The predicted octanol–water partition coefficient (Wildman–Crippen LogP) is 4.57. The summed E-state index contributed by atoms with van der Waals surface area (Å²) in [6, 6.07) is 0. The predicted molar refractivity (Wildman–Crippen MR) is 495 cm³/mol. The quantitative estimate of drug-likeness (QED) is 0.0495. The molecule has 0 aromatic heterocycles. The first-order chi connectivity index (χ1) is 67.2. The maximum absolute atomic E-state index is 12.1. The van der Waals surface area contributed by atoms with Crippen molar-refractivity contribution in [2.75, 3.05) is 181 Å². The molecule has 0 aromatic carbocycles. The van der Waals surface area contributed by atoms with Gasteiger partial charge in [-0.15, -0.1) is 0 Å². The topological polar surface area (TPSA) is 553 Å². The molecule has 1 N–H and O–H groups in total. The van der Waals surface area contributed by atoms with Crippen molar-refractivity contribution in [2.45, 2.75) is 186 Å². The van der Waals surface area contributed by atoms with E-state index in [0.717, 1.165) is 264 Å². The van der Waals surface area contributed by atoms with Gasteiger partial charge in [-0.2, -0.15) is 0 Å². The summed E-state index contributed by atoms with van der Waals surface area (Å²) < 4.78 is 92.5. The number of carboxylic acid groups (broad SMARTS) is 1. The Labute approximate surface area is 819 Å². The standard InChI is InChI=1S/C23H35NO8.C19H27NO8.3C18H25NO8/c1-17(2)30-21(26)9-8-20(25)29-16-19(12-15-24-13-6-5-7-14-24)32-23(28)11-10-22(27)31-18(3)4;1-19(13-20-11-5-4-6-12-20,28-18(24)10-8-16(22)26-3)14-27-17(23)9-7-15(21)25-2;2*1-24-15(20)6-8-17(22)26-13-14(12-19-10-4-3-5-11-19)27-18(23)9-7-16(21)25-2;1-25-16(22)7-8-17(23)26-13-14(27-18(24)6-5-15(20)21)9-12-19-10-3-2-4-11-19/h8-11,17-19H,5-7,12-16H2,1-4H3;7-10H,4-6,11-14H2,1-3H3;2*6-9,14H,3-5,10-13H2,1-2H3;5-8,14H,2-4,9-13H2,1H3,(H,20,21)/b9-8+,11-10+;9-7+,10-8+;2*8-6+,9-7+;6-5+,8-7+/t;;2*14-;/m..10./s1. The lowest BCUT2D eigenvalue weighted by molar-refractivity contribution is -0.167. The normalized spacial score (nSPS) is 16.2. The van der Waals surface area contributed by atoms with Crippen LogP contribution in [-0.4, -0.2) is 372 Å². The van der Waals surface area contributed by atoms with Gasteiger partial charge in [0.2, 0.25) is 0 Å². The van der Waals surface area contributed by atoms with Gasteiger partial charge >= 0.3 is 119 Å². The van der Waals surface area contributed by atoms with Gasteiger partial charge in [0.15, 0.2) is 5.60 Å². The van der Waals surface area contributed by atoms with E-state index in [1.165, 1.54) is 62.6 Å². The van der Waals surface area contributed by atoms with Crippen LogP contribution in [0.3, 0.4) is 0 Å². The van der Waals surface area contributed by atoms with Gasteiger partial charge in [0.25, 0.3) is 0 Å². The lowest BCUT2D eigenvalue weighted by Crippen LogP contribution is -2.49. The van der Waals surface area contributed by atoms with Crippen LogP contribution in [0, 0.1) is 0 Å². The van der Waals surface area contributed by atoms with Gasteiger partial charge in [0.05, 0.1) is 62.0 Å². The van der Waals surface area contributed by atoms with E-state index in [-0.39, 0.29) is 45.2 Å². The lowest BCUT2D eigenvalue weighted by Gasteiger charge is -2.36. The number of ether oxygens (including phenoxy) is 19. The Morgan fingerprint density at radius 1 is 0.248 bits per heavy atom. The molecule has 0 aliphatic carbocycles. The molecule has 5 aliphatic rings. The number of methoxy groups -OCH3 is 7. The molecular formula is C96H137N5O40. The smallest absolute Gasteiger partial charge is 0.331 e. The van der Waals surface area contributed by atoms with Gasteiger partial charge in [-0.25, -0.2) is 95.9 Å². The maximum atomic E-state index is 12.1. The molecule has 45 nitrogen and oxygen atoms in total. The fourth-order valence-corrected chi connectivity index (χ4v) is 12.8. The van der Waals surface area contributed by atoms with Crippen LogP contribution in [0.5, 0.6) is 0 Å². The number of carbonyl (C=O) groups is 20. The highest BCUT2D eigenvalue weighted by Crippen LogP contribution is 2.21. The number of nitrogens with zero attached hydrogens (tertiary/aromatic N) is 5. The minimum Gasteiger partial charge on any atom is -0.478 e. The molecule has 5 rings (SSSR count). The second kappa shape index (κ2) is 76.5. The second-order valence-corrected chi connectivity index (χ2v) is 32.0. The number of hydrogen-bond donors (Lipinski definition) is 1. The molecule has 786 valence electrons. The number of esters is 19. The maximum Gasteiger partial charge on any atom is 0.331 e. The molecule has 45 heteroatoms. The summed E-state index contributed by atoms with van der Waals surface area (Å²) in [4.78, 5) is 240. The molecule has 5 atom stereocenters. The molecule has 141 heavy (non-hydrogen) atoms. The number of carboxylic acids is 1. The fourth-order valence-electron chi connectivity index (χ4n) is 12.8. The minimum atomic E-state index is -1.27. The van der Waals surface area contributed by atoms with Gasteiger partial charge < -0.3 is 105 Å². The number of piperidine rings is 5. The van der Waals surface area contributed by atoms with Crippen LogP contribution in [0.25, 0.3) is 0 Å². The van der Waals surface area contributed by atoms with E-state index in [1.807, 2.05) is 0 Å². The highest BCUT2D eigenvalue weighted by Gasteiger charge is 2.34. The van der Waals surface area contributed by atoms with Crippen LogP contribution >= 0.6 is 0 Å². The molecule has 0 spiro atoms. The van der Waals surface area contributed by atoms with Crippen LogP contribution in [0.2, 0.25) is 0 Å². The van der Waals surface area contributed by atoms with Crippen molar-refractivity contribution in [3.05, 3.63) is 122 Å². The van der Waals surface area contributed by atoms with Crippen molar-refractivity contribution in [2.24, 2.45) is 0 Å². The summed E-state index contributed by atoms with van der Waals surface area (Å²) in [5.41, 5.74) is -1.14. The number of aliphatic carboxylic acids is 1. The molecule has 3 unspecified atom stereocenters. The Balaban J connectivity index is 0.000000883. The second-order valence-electron chi connectivity index (χ2n) is 32.0. The zero-order valence-electron chi connectivity index (χ0n) is 82.3. The lowest BCUT2D eigenvalue weighted by atomic mass is 10.0. The van der Waals surface area contributed by atoms with Crippen molar-refractivity contribution in [3.8, 4) is 0 Å². The van der Waals surface area contributed by atoms with Crippen molar-refractivity contribution in [3.63, 3.8) is 0 Å². The Hall–Kier alpha value is -13.4. The fraction of sp³-hybridized carbons (Fsp3) is 0.583. The van der Waals surface area contributed by atoms with Gasteiger partial charge in [0.1, 0.15) is 57.5 Å². The first kappa shape index (κ1) is 126. The Morgan fingerprint density at radius 2 is 0.454 bits per heavy atom. The Morgan fingerprint density at radius 3 is 0.709 bits per heavy atom. The molecule has 5 saturated heterocycles. The third-order valence-electron chi connectivity index (χ3n) is 19.6. The zero-order chi connectivity index (χ0) is 105. The van der Waals surface area contributed by atoms with Crippen LogP contribution in [0.1, 0.15) is 144 Å². The number of likely N-dealkylation sites (tertiary alicyclic amines) is 5. The minimum absolute atomic E-state index is 0.174. The highest BCUT2D eigenvalue weighted by atomic mass is 16.6. The summed E-state index contributed by atoms with van der Waals surface area (Å²) in [7, 11) is 8.33. The van der Waals surface area contributed by atoms with Gasteiger partial charge in [0, 0.05) is 167 Å². The molecule has 5 fully saturated rings. The highest BCUT2D eigenvalue weighted by molar-refractivity contribution is 5.97. The molecule has 0 radical (unpaired) electrons. The average Bonchev–Trinajstić information content (AvgIpc) is 0.849. The Kier molecular flexibility index (Phi) is 68.1. The van der Waals surface area contributed by atoms with Gasteiger partial charge in [-0.1, -0.05) is 32.1 Å². The summed E-state index contributed by atoms with van der Waals surface area (Å²) >= 11 is 0. The van der Waals surface area contributed by atoms with E-state index in [0.29, 0.717) is 51.6 Å². The van der Waals surface area contributed by atoms with Crippen molar-refractivity contribution in [1.82, 2.24) is 24.5 Å². The molecule has 0 bridgehead atoms. The molecule has 5 heterocycles. The summed E-state index contributed by atoms with van der Waals surface area (Å²) in [6.07, 6.45) is 32.6. The van der Waals surface area contributed by atoms with E-state index >= 15 is 0 Å². The number of hydrogen-bond acceptors (Lipinski definition) is 44. The van der Waals surface area contributed by atoms with Crippen molar-refractivity contribution < 1.29 is 191 Å². The monoisotopic (exact) mass is 2000 g/mol. The molecule has 5 aliphatic heterocycles. The number of rotatable bonds is 49. The van der Waals surface area contributed by atoms with Crippen LogP contribution in [-0.2, 0) is 186 Å². The summed E-state index contributed by atoms with van der Waals surface area (Å²) in [5.74, 6) is -15.0. The van der Waals surface area contributed by atoms with E-state index in [4.69, 9.17) is 61.9 Å².